The molecule has 1 saturated heterocycles. The Bertz CT molecular complexity index is 1650. The molecule has 0 spiro atoms. The van der Waals surface area contributed by atoms with Gasteiger partial charge in [0.2, 0.25) is 5.91 Å². The van der Waals surface area contributed by atoms with Crippen LogP contribution in [-0.4, -0.2) is 85.0 Å². The number of hydrogen-bond acceptors (Lipinski definition) is 8. The number of benzene rings is 2. The maximum Gasteiger partial charge on any atom is 0.410 e. The molecule has 1 N–H and O–H groups in total. The van der Waals surface area contributed by atoms with E-state index in [9.17, 15) is 14.4 Å². The molecule has 11 heteroatoms. The van der Waals surface area contributed by atoms with E-state index >= 15 is 0 Å². The van der Waals surface area contributed by atoms with Crippen LogP contribution in [0.15, 0.2) is 53.3 Å². The molecule has 1 fully saturated rings. The summed E-state index contributed by atoms with van der Waals surface area (Å²) in [4.78, 5) is 42.7. The van der Waals surface area contributed by atoms with Crippen molar-refractivity contribution in [3.63, 3.8) is 0 Å². The van der Waals surface area contributed by atoms with Crippen molar-refractivity contribution in [1.29, 1.82) is 0 Å². The third-order valence-electron chi connectivity index (χ3n) is 8.24. The zero-order valence-electron chi connectivity index (χ0n) is 27.3. The van der Waals surface area contributed by atoms with Crippen molar-refractivity contribution >= 4 is 29.0 Å². The summed E-state index contributed by atoms with van der Waals surface area (Å²) in [7, 11) is 3.16. The van der Waals surface area contributed by atoms with Crippen LogP contribution in [0.3, 0.4) is 0 Å². The minimum absolute atomic E-state index is 0.00138. The smallest absolute Gasteiger partial charge is 0.410 e. The lowest BCUT2D eigenvalue weighted by molar-refractivity contribution is -0.116. The number of amides is 2. The summed E-state index contributed by atoms with van der Waals surface area (Å²) >= 11 is 0. The molecule has 0 atom stereocenters. The number of fused-ring (bicyclic) bond motifs is 2. The van der Waals surface area contributed by atoms with E-state index in [0.717, 1.165) is 42.4 Å². The first kappa shape index (κ1) is 32.9. The summed E-state index contributed by atoms with van der Waals surface area (Å²) in [6, 6.07) is 13.0. The Morgan fingerprint density at radius 2 is 1.76 bits per heavy atom. The first-order chi connectivity index (χ1) is 22.0. The Labute approximate surface area is 269 Å². The van der Waals surface area contributed by atoms with Gasteiger partial charge in [-0.1, -0.05) is 6.07 Å². The number of ether oxygens (including phenoxy) is 4. The number of aromatic nitrogens is 1. The molecule has 11 nitrogen and oxygen atoms in total. The second-order valence-corrected chi connectivity index (χ2v) is 12.6. The van der Waals surface area contributed by atoms with Gasteiger partial charge in [-0.2, -0.15) is 0 Å². The molecule has 2 aliphatic heterocycles. The number of nitrogens with one attached hydrogen (secondary N) is 1. The van der Waals surface area contributed by atoms with E-state index in [-0.39, 0.29) is 23.6 Å². The number of pyridine rings is 1. The van der Waals surface area contributed by atoms with Crippen molar-refractivity contribution < 1.29 is 28.5 Å². The lowest BCUT2D eigenvalue weighted by atomic mass is 10.0. The van der Waals surface area contributed by atoms with Crippen LogP contribution in [0.5, 0.6) is 17.2 Å². The number of likely N-dealkylation sites (N-methyl/N-ethyl adjacent to an activating group) is 1. The molecule has 0 aliphatic carbocycles. The maximum absolute atomic E-state index is 13.4. The Morgan fingerprint density at radius 1 is 1.02 bits per heavy atom. The zero-order valence-corrected chi connectivity index (χ0v) is 27.3. The number of nitrogens with zero attached hydrogens (tertiary/aromatic N) is 3. The second-order valence-electron chi connectivity index (χ2n) is 12.6. The average molecular weight is 633 g/mol. The van der Waals surface area contributed by atoms with Gasteiger partial charge >= 0.3 is 6.09 Å². The summed E-state index contributed by atoms with van der Waals surface area (Å²) in [5.74, 6) is 1.81. The predicted octanol–water partition coefficient (Wildman–Crippen LogP) is 4.44. The van der Waals surface area contributed by atoms with Gasteiger partial charge in [0.25, 0.3) is 5.56 Å². The lowest BCUT2D eigenvalue weighted by Crippen LogP contribution is -2.49. The minimum Gasteiger partial charge on any atom is -0.497 e. The van der Waals surface area contributed by atoms with Crippen molar-refractivity contribution in [3.05, 3.63) is 70.0 Å². The topological polar surface area (TPSA) is 112 Å². The number of piperidine rings is 1. The zero-order chi connectivity index (χ0) is 32.8. The molecular weight excluding hydrogens is 588 g/mol. The second kappa shape index (κ2) is 14.3. The Balaban J connectivity index is 1.29. The summed E-state index contributed by atoms with van der Waals surface area (Å²) in [6.07, 6.45) is 4.29. The number of rotatable bonds is 9. The molecule has 46 heavy (non-hydrogen) atoms. The molecule has 2 aliphatic rings. The van der Waals surface area contributed by atoms with Gasteiger partial charge in [0.15, 0.2) is 11.5 Å². The molecule has 1 aromatic heterocycles. The fourth-order valence-corrected chi connectivity index (χ4v) is 5.87. The van der Waals surface area contributed by atoms with Crippen molar-refractivity contribution in [2.75, 3.05) is 47.0 Å². The van der Waals surface area contributed by atoms with Crippen LogP contribution in [0.2, 0.25) is 0 Å². The molecule has 3 aromatic rings. The van der Waals surface area contributed by atoms with Crippen molar-refractivity contribution in [2.45, 2.75) is 58.3 Å². The van der Waals surface area contributed by atoms with Gasteiger partial charge in [-0.05, 0) is 75.1 Å². The normalized spacial score (nSPS) is 15.6. The molecule has 0 bridgehead atoms. The molecule has 3 heterocycles. The maximum atomic E-state index is 13.4. The highest BCUT2D eigenvalue weighted by atomic mass is 16.6. The molecule has 2 amide bonds. The Kier molecular flexibility index (Phi) is 10.2. The van der Waals surface area contributed by atoms with Gasteiger partial charge in [-0.3, -0.25) is 9.59 Å². The molecular formula is C35H44N4O7. The monoisotopic (exact) mass is 632 g/mol. The van der Waals surface area contributed by atoms with E-state index in [2.05, 4.69) is 10.2 Å². The number of carbonyl (C=O) groups excluding carboxylic acids is 2. The van der Waals surface area contributed by atoms with E-state index in [1.54, 1.807) is 30.9 Å². The number of likely N-dealkylation sites (tertiary alicyclic amines) is 1. The first-order valence-electron chi connectivity index (χ1n) is 15.8. The average Bonchev–Trinajstić information content (AvgIpc) is 3.04. The molecule has 2 aromatic carbocycles. The van der Waals surface area contributed by atoms with E-state index in [0.29, 0.717) is 55.7 Å². The summed E-state index contributed by atoms with van der Waals surface area (Å²) < 4.78 is 24.5. The molecule has 5 rings (SSSR count). The quantitative estimate of drug-likeness (QED) is 0.345. The number of methoxy groups -OCH3 is 1. The van der Waals surface area contributed by atoms with E-state index in [1.807, 2.05) is 62.1 Å². The molecule has 0 radical (unpaired) electrons. The third kappa shape index (κ3) is 8.00. The SMILES string of the molecule is CNC(=O)/C=C/c1cc(=O)n(CCN2CCC(N(Cc3ccc4c(c3)OCCO4)C(=O)OC(C)(C)C)CC2)c2cc(OC)ccc12. The van der Waals surface area contributed by atoms with Crippen LogP contribution in [0.1, 0.15) is 44.7 Å². The minimum atomic E-state index is -0.616. The third-order valence-corrected chi connectivity index (χ3v) is 8.24. The Morgan fingerprint density at radius 3 is 2.46 bits per heavy atom. The molecule has 0 saturated carbocycles. The van der Waals surface area contributed by atoms with Gasteiger partial charge in [0.1, 0.15) is 24.6 Å². The highest BCUT2D eigenvalue weighted by Gasteiger charge is 2.31. The van der Waals surface area contributed by atoms with E-state index < -0.39 is 5.60 Å². The summed E-state index contributed by atoms with van der Waals surface area (Å²) in [5, 5.41) is 3.41. The summed E-state index contributed by atoms with van der Waals surface area (Å²) in [5.41, 5.74) is 1.60. The summed E-state index contributed by atoms with van der Waals surface area (Å²) in [6.45, 7) is 9.75. The molecule has 246 valence electrons. The van der Waals surface area contributed by atoms with Crippen LogP contribution < -0.4 is 25.1 Å². The molecule has 0 unspecified atom stereocenters. The highest BCUT2D eigenvalue weighted by Crippen LogP contribution is 2.32. The lowest BCUT2D eigenvalue weighted by Gasteiger charge is -2.39. The van der Waals surface area contributed by atoms with Crippen molar-refractivity contribution in [2.24, 2.45) is 0 Å². The largest absolute Gasteiger partial charge is 0.497 e. The highest BCUT2D eigenvalue weighted by molar-refractivity contribution is 5.96. The fraction of sp³-hybridized carbons (Fsp3) is 0.457. The fourth-order valence-electron chi connectivity index (χ4n) is 5.87. The van der Waals surface area contributed by atoms with Crippen LogP contribution in [0, 0.1) is 0 Å². The van der Waals surface area contributed by atoms with Crippen LogP contribution in [0.25, 0.3) is 17.0 Å². The van der Waals surface area contributed by atoms with Gasteiger partial charge in [0.05, 0.1) is 12.6 Å². The standard InChI is InChI=1S/C35H44N4O7/c1-35(2,3)46-34(42)39(23-24-6-10-30-31(20-24)45-19-18-44-30)26-12-14-37(15-13-26)16-17-38-29-22-27(43-5)8-9-28(29)25(21-33(38)41)7-11-32(40)36-4/h6-11,20-22,26H,12-19,23H2,1-5H3,(H,36,40)/b11-7+. The van der Waals surface area contributed by atoms with Crippen molar-refractivity contribution in [1.82, 2.24) is 19.7 Å². The number of hydrogen-bond donors (Lipinski definition) is 1. The van der Waals surface area contributed by atoms with Gasteiger partial charge in [0, 0.05) is 69.4 Å². The van der Waals surface area contributed by atoms with Gasteiger partial charge in [-0.25, -0.2) is 4.79 Å². The van der Waals surface area contributed by atoms with E-state index in [1.165, 1.54) is 6.08 Å². The predicted molar refractivity (Wildman–Crippen MR) is 177 cm³/mol. The van der Waals surface area contributed by atoms with E-state index in [4.69, 9.17) is 18.9 Å². The number of carbonyl (C=O) groups is 2. The van der Waals surface area contributed by atoms with Crippen LogP contribution >= 0.6 is 0 Å². The van der Waals surface area contributed by atoms with Crippen molar-refractivity contribution in [3.8, 4) is 17.2 Å². The van der Waals surface area contributed by atoms with Crippen LogP contribution in [-0.2, 0) is 22.6 Å². The van der Waals surface area contributed by atoms with Crippen LogP contribution in [0.4, 0.5) is 4.79 Å². The van der Waals surface area contributed by atoms with Gasteiger partial charge in [-0.15, -0.1) is 0 Å². The Hall–Kier alpha value is -4.51. The first-order valence-corrected chi connectivity index (χ1v) is 15.8. The van der Waals surface area contributed by atoms with Gasteiger partial charge < -0.3 is 38.6 Å².